The minimum absolute atomic E-state index is 0.0248. The molecule has 2 atom stereocenters. The van der Waals surface area contributed by atoms with E-state index in [4.69, 9.17) is 4.74 Å². The Hall–Kier alpha value is -3.85. The van der Waals surface area contributed by atoms with Gasteiger partial charge in [-0.3, -0.25) is 13.9 Å². The number of ether oxygens (including phenoxy) is 1. The number of carbonyl (C=O) groups excluding carboxylic acids is 2. The Labute approximate surface area is 238 Å². The number of carbonyl (C=O) groups is 2. The van der Waals surface area contributed by atoms with Crippen molar-refractivity contribution < 1.29 is 22.7 Å². The maximum atomic E-state index is 14.1. The Bertz CT molecular complexity index is 1380. The Kier molecular flexibility index (Phi) is 10.7. The van der Waals surface area contributed by atoms with Crippen LogP contribution in [0.3, 0.4) is 0 Å². The SMILES string of the molecule is CC[C@H](C(=O)N[C@@H](C)CC)N(Cc1cccc(C)c1)C(=O)CN(c1ccccc1)S(=O)(=O)c1ccc(OC)cc1. The third kappa shape index (κ3) is 7.63. The molecule has 2 amide bonds. The fourth-order valence-electron chi connectivity index (χ4n) is 4.37. The Balaban J connectivity index is 2.03. The van der Waals surface area contributed by atoms with Crippen LogP contribution in [0.25, 0.3) is 0 Å². The summed E-state index contributed by atoms with van der Waals surface area (Å²) in [5, 5.41) is 2.99. The van der Waals surface area contributed by atoms with Crippen molar-refractivity contribution in [2.45, 2.75) is 64.1 Å². The molecule has 3 aromatic carbocycles. The average molecular weight is 566 g/mol. The van der Waals surface area contributed by atoms with Gasteiger partial charge in [-0.2, -0.15) is 0 Å². The highest BCUT2D eigenvalue weighted by atomic mass is 32.2. The number of rotatable bonds is 13. The second kappa shape index (κ2) is 14.0. The molecule has 1 N–H and O–H groups in total. The van der Waals surface area contributed by atoms with Gasteiger partial charge in [0.25, 0.3) is 10.0 Å². The molecule has 3 rings (SSSR count). The van der Waals surface area contributed by atoms with Crippen LogP contribution in [0.2, 0.25) is 0 Å². The van der Waals surface area contributed by atoms with Gasteiger partial charge in [0, 0.05) is 12.6 Å². The van der Waals surface area contributed by atoms with Gasteiger partial charge in [-0.25, -0.2) is 8.42 Å². The van der Waals surface area contributed by atoms with E-state index in [1.165, 1.54) is 24.1 Å². The number of amides is 2. The van der Waals surface area contributed by atoms with Crippen LogP contribution in [0.1, 0.15) is 44.7 Å². The molecule has 0 saturated carbocycles. The Morgan fingerprint density at radius 3 is 2.17 bits per heavy atom. The first-order valence-electron chi connectivity index (χ1n) is 13.5. The molecule has 9 heteroatoms. The van der Waals surface area contributed by atoms with Crippen LogP contribution < -0.4 is 14.4 Å². The van der Waals surface area contributed by atoms with Gasteiger partial charge >= 0.3 is 0 Å². The molecule has 0 aliphatic heterocycles. The van der Waals surface area contributed by atoms with Gasteiger partial charge in [0.15, 0.2) is 0 Å². The lowest BCUT2D eigenvalue weighted by molar-refractivity contribution is -0.140. The number of nitrogens with zero attached hydrogens (tertiary/aromatic N) is 2. The second-order valence-electron chi connectivity index (χ2n) is 9.78. The van der Waals surface area contributed by atoms with Crippen molar-refractivity contribution in [2.24, 2.45) is 0 Å². The van der Waals surface area contributed by atoms with E-state index in [0.717, 1.165) is 21.9 Å². The van der Waals surface area contributed by atoms with Gasteiger partial charge in [-0.05, 0) is 68.7 Å². The summed E-state index contributed by atoms with van der Waals surface area (Å²) < 4.78 is 34.0. The molecular weight excluding hydrogens is 526 g/mol. The number of benzene rings is 3. The number of hydrogen-bond acceptors (Lipinski definition) is 5. The van der Waals surface area contributed by atoms with Gasteiger partial charge in [-0.1, -0.05) is 61.9 Å². The molecular formula is C31H39N3O5S. The molecule has 214 valence electrons. The number of para-hydroxylation sites is 1. The first-order valence-corrected chi connectivity index (χ1v) is 14.9. The predicted molar refractivity (Wildman–Crippen MR) is 158 cm³/mol. The van der Waals surface area contributed by atoms with E-state index in [2.05, 4.69) is 5.32 Å². The van der Waals surface area contributed by atoms with Gasteiger partial charge in [0.2, 0.25) is 11.8 Å². The van der Waals surface area contributed by atoms with Crippen molar-refractivity contribution in [2.75, 3.05) is 18.0 Å². The third-order valence-corrected chi connectivity index (χ3v) is 8.58. The second-order valence-corrected chi connectivity index (χ2v) is 11.6. The molecule has 0 heterocycles. The van der Waals surface area contributed by atoms with Crippen LogP contribution in [-0.4, -0.2) is 50.9 Å². The number of anilines is 1. The zero-order valence-electron chi connectivity index (χ0n) is 23.8. The summed E-state index contributed by atoms with van der Waals surface area (Å²) in [6.45, 7) is 7.39. The van der Waals surface area contributed by atoms with E-state index >= 15 is 0 Å². The first kappa shape index (κ1) is 30.7. The zero-order valence-corrected chi connectivity index (χ0v) is 24.6. The molecule has 0 bridgehead atoms. The van der Waals surface area contributed by atoms with Crippen molar-refractivity contribution in [3.63, 3.8) is 0 Å². The van der Waals surface area contributed by atoms with Crippen molar-refractivity contribution >= 4 is 27.5 Å². The minimum Gasteiger partial charge on any atom is -0.497 e. The van der Waals surface area contributed by atoms with E-state index in [9.17, 15) is 18.0 Å². The lowest BCUT2D eigenvalue weighted by Gasteiger charge is -2.33. The number of methoxy groups -OCH3 is 1. The molecule has 0 aromatic heterocycles. The standard InChI is InChI=1S/C31H39N3O5S/c1-6-24(4)32-31(36)29(7-2)33(21-25-13-11-12-23(3)20-25)30(35)22-34(26-14-9-8-10-15-26)40(37,38)28-18-16-27(39-5)17-19-28/h8-20,24,29H,6-7,21-22H2,1-5H3,(H,32,36)/t24-,29+/m0/s1. The van der Waals surface area contributed by atoms with Crippen LogP contribution in [0.15, 0.2) is 83.8 Å². The van der Waals surface area contributed by atoms with Gasteiger partial charge in [0.1, 0.15) is 18.3 Å². The maximum absolute atomic E-state index is 14.1. The van der Waals surface area contributed by atoms with Crippen LogP contribution in [0.4, 0.5) is 5.69 Å². The highest BCUT2D eigenvalue weighted by molar-refractivity contribution is 7.92. The number of nitrogens with one attached hydrogen (secondary N) is 1. The molecule has 0 aliphatic rings. The number of sulfonamides is 1. The molecule has 3 aromatic rings. The number of aryl methyl sites for hydroxylation is 1. The lowest BCUT2D eigenvalue weighted by Crippen LogP contribution is -2.53. The maximum Gasteiger partial charge on any atom is 0.264 e. The minimum atomic E-state index is -4.13. The molecule has 0 radical (unpaired) electrons. The Morgan fingerprint density at radius 2 is 1.60 bits per heavy atom. The zero-order chi connectivity index (χ0) is 29.3. The van der Waals surface area contributed by atoms with E-state index in [1.807, 2.05) is 52.0 Å². The quantitative estimate of drug-likeness (QED) is 0.317. The van der Waals surface area contributed by atoms with Crippen LogP contribution in [-0.2, 0) is 26.2 Å². The fourth-order valence-corrected chi connectivity index (χ4v) is 5.78. The largest absolute Gasteiger partial charge is 0.497 e. The topological polar surface area (TPSA) is 96.0 Å². The molecule has 0 unspecified atom stereocenters. The van der Waals surface area contributed by atoms with E-state index in [-0.39, 0.29) is 23.4 Å². The van der Waals surface area contributed by atoms with Gasteiger partial charge in [0.05, 0.1) is 17.7 Å². The first-order chi connectivity index (χ1) is 19.1. The van der Waals surface area contributed by atoms with Crippen molar-refractivity contribution in [3.8, 4) is 5.75 Å². The predicted octanol–water partition coefficient (Wildman–Crippen LogP) is 4.92. The normalized spacial score (nSPS) is 12.7. The lowest BCUT2D eigenvalue weighted by atomic mass is 10.1. The summed E-state index contributed by atoms with van der Waals surface area (Å²) in [5.74, 6) is -0.223. The summed E-state index contributed by atoms with van der Waals surface area (Å²) >= 11 is 0. The monoisotopic (exact) mass is 565 g/mol. The van der Waals surface area contributed by atoms with Crippen molar-refractivity contribution in [1.82, 2.24) is 10.2 Å². The number of hydrogen-bond donors (Lipinski definition) is 1. The van der Waals surface area contributed by atoms with Crippen molar-refractivity contribution in [3.05, 3.63) is 90.0 Å². The third-order valence-electron chi connectivity index (χ3n) is 6.79. The van der Waals surface area contributed by atoms with Gasteiger partial charge in [-0.15, -0.1) is 0 Å². The van der Waals surface area contributed by atoms with E-state index in [1.54, 1.807) is 42.5 Å². The molecule has 0 spiro atoms. The average Bonchev–Trinajstić information content (AvgIpc) is 2.96. The molecule has 0 saturated heterocycles. The van der Waals surface area contributed by atoms with Crippen LogP contribution in [0.5, 0.6) is 5.75 Å². The fraction of sp³-hybridized carbons (Fsp3) is 0.355. The van der Waals surface area contributed by atoms with E-state index < -0.39 is 28.5 Å². The summed E-state index contributed by atoms with van der Waals surface area (Å²) in [4.78, 5) is 28.9. The summed E-state index contributed by atoms with van der Waals surface area (Å²) in [6, 6.07) is 21.4. The highest BCUT2D eigenvalue weighted by Crippen LogP contribution is 2.26. The molecule has 0 fully saturated rings. The van der Waals surface area contributed by atoms with Crippen molar-refractivity contribution in [1.29, 1.82) is 0 Å². The summed E-state index contributed by atoms with van der Waals surface area (Å²) in [6.07, 6.45) is 1.12. The van der Waals surface area contributed by atoms with Crippen LogP contribution >= 0.6 is 0 Å². The van der Waals surface area contributed by atoms with E-state index in [0.29, 0.717) is 17.9 Å². The summed E-state index contributed by atoms with van der Waals surface area (Å²) in [5.41, 5.74) is 2.22. The van der Waals surface area contributed by atoms with Gasteiger partial charge < -0.3 is 15.0 Å². The molecule has 0 aliphatic carbocycles. The molecule has 40 heavy (non-hydrogen) atoms. The highest BCUT2D eigenvalue weighted by Gasteiger charge is 2.34. The molecule has 8 nitrogen and oxygen atoms in total. The Morgan fingerprint density at radius 1 is 0.925 bits per heavy atom. The smallest absolute Gasteiger partial charge is 0.264 e. The van der Waals surface area contributed by atoms with Crippen LogP contribution in [0, 0.1) is 6.92 Å². The summed E-state index contributed by atoms with van der Waals surface area (Å²) in [7, 11) is -2.63.